The lowest BCUT2D eigenvalue weighted by Crippen LogP contribution is -2.07. The number of rotatable bonds is 6. The summed E-state index contributed by atoms with van der Waals surface area (Å²) in [6.45, 7) is -0.452. The normalized spacial score (nSPS) is 15.5. The number of anilines is 1. The predicted octanol–water partition coefficient (Wildman–Crippen LogP) is 1.66. The monoisotopic (exact) mass is 233 g/mol. The van der Waals surface area contributed by atoms with Crippen molar-refractivity contribution in [3.8, 4) is 5.88 Å². The van der Waals surface area contributed by atoms with Gasteiger partial charge in [0.05, 0.1) is 13.3 Å². The van der Waals surface area contributed by atoms with E-state index in [0.29, 0.717) is 11.6 Å². The third-order valence-electron chi connectivity index (χ3n) is 2.07. The Labute approximate surface area is 91.3 Å². The number of alkyl halides is 2. The Morgan fingerprint density at radius 3 is 2.94 bits per heavy atom. The zero-order chi connectivity index (χ0) is 11.5. The van der Waals surface area contributed by atoms with Crippen LogP contribution in [-0.2, 0) is 11.4 Å². The van der Waals surface area contributed by atoms with Gasteiger partial charge in [-0.3, -0.25) is 15.0 Å². The molecule has 2 rings (SSSR count). The van der Waals surface area contributed by atoms with E-state index in [1.165, 1.54) is 13.3 Å². The molecule has 0 saturated heterocycles. The summed E-state index contributed by atoms with van der Waals surface area (Å²) < 4.78 is 30.9. The van der Waals surface area contributed by atoms with E-state index in [4.69, 9.17) is 9.57 Å². The predicted molar refractivity (Wildman–Crippen MR) is 52.5 cm³/mol. The van der Waals surface area contributed by atoms with Crippen LogP contribution in [0.5, 0.6) is 5.88 Å². The van der Waals surface area contributed by atoms with Gasteiger partial charge in [0, 0.05) is 0 Å². The Bertz CT molecular complexity index is 353. The van der Waals surface area contributed by atoms with Crippen molar-refractivity contribution in [2.75, 3.05) is 12.6 Å². The number of hydrogen-bond acceptors (Lipinski definition) is 4. The molecule has 0 amide bonds. The maximum absolute atomic E-state index is 12.2. The Balaban J connectivity index is 2.08. The highest BCUT2D eigenvalue weighted by atomic mass is 19.3. The maximum atomic E-state index is 12.2. The molecule has 1 aliphatic rings. The first-order chi connectivity index (χ1) is 7.69. The molecule has 16 heavy (non-hydrogen) atoms. The zero-order valence-corrected chi connectivity index (χ0v) is 8.82. The molecule has 0 aliphatic heterocycles. The summed E-state index contributed by atoms with van der Waals surface area (Å²) in [6.07, 6.45) is 1.12. The molecule has 5 nitrogen and oxygen atoms in total. The number of nitrogens with one attached hydrogen (secondary N) is 1. The van der Waals surface area contributed by atoms with E-state index in [2.05, 4.69) is 10.6 Å². The SMILES string of the molecule is CONc1cn(CC(F)F)nc1OC1CC1. The van der Waals surface area contributed by atoms with Gasteiger partial charge in [-0.25, -0.2) is 8.78 Å². The summed E-state index contributed by atoms with van der Waals surface area (Å²) in [5.74, 6) is 0.310. The molecule has 1 fully saturated rings. The Morgan fingerprint density at radius 2 is 2.38 bits per heavy atom. The van der Waals surface area contributed by atoms with E-state index in [-0.39, 0.29) is 6.10 Å². The first kappa shape index (κ1) is 11.1. The van der Waals surface area contributed by atoms with Crippen molar-refractivity contribution in [3.63, 3.8) is 0 Å². The molecule has 0 radical (unpaired) electrons. The van der Waals surface area contributed by atoms with Crippen molar-refractivity contribution >= 4 is 5.69 Å². The van der Waals surface area contributed by atoms with E-state index >= 15 is 0 Å². The number of aromatic nitrogens is 2. The molecule has 0 spiro atoms. The highest BCUT2D eigenvalue weighted by molar-refractivity contribution is 5.49. The second kappa shape index (κ2) is 4.65. The van der Waals surface area contributed by atoms with Gasteiger partial charge in [-0.1, -0.05) is 0 Å². The molecule has 1 heterocycles. The lowest BCUT2D eigenvalue weighted by molar-refractivity contribution is 0.121. The number of halogens is 2. The fraction of sp³-hybridized carbons (Fsp3) is 0.667. The second-order valence-corrected chi connectivity index (χ2v) is 3.58. The van der Waals surface area contributed by atoms with Crippen LogP contribution >= 0.6 is 0 Å². The zero-order valence-electron chi connectivity index (χ0n) is 8.82. The number of ether oxygens (including phenoxy) is 1. The maximum Gasteiger partial charge on any atom is 0.259 e. The van der Waals surface area contributed by atoms with Gasteiger partial charge < -0.3 is 4.74 Å². The van der Waals surface area contributed by atoms with Crippen molar-refractivity contribution in [1.82, 2.24) is 9.78 Å². The molecule has 1 aromatic rings. The fourth-order valence-electron chi connectivity index (χ4n) is 1.25. The van der Waals surface area contributed by atoms with E-state index in [1.54, 1.807) is 0 Å². The highest BCUT2D eigenvalue weighted by Gasteiger charge is 2.26. The molecule has 0 bridgehead atoms. The fourth-order valence-corrected chi connectivity index (χ4v) is 1.25. The second-order valence-electron chi connectivity index (χ2n) is 3.58. The van der Waals surface area contributed by atoms with Crippen molar-refractivity contribution in [2.24, 2.45) is 0 Å². The van der Waals surface area contributed by atoms with Crippen LogP contribution in [0.3, 0.4) is 0 Å². The largest absolute Gasteiger partial charge is 0.472 e. The molecule has 1 N–H and O–H groups in total. The minimum Gasteiger partial charge on any atom is -0.472 e. The summed E-state index contributed by atoms with van der Waals surface area (Å²) in [5, 5.41) is 3.92. The van der Waals surface area contributed by atoms with Gasteiger partial charge in [-0.15, -0.1) is 5.10 Å². The standard InChI is InChI=1S/C9H13F2N3O2/c1-15-13-7-4-14(5-8(10)11)12-9(7)16-6-2-3-6/h4,6,8,13H,2-3,5H2,1H3. The van der Waals surface area contributed by atoms with Crippen LogP contribution in [0.25, 0.3) is 0 Å². The Kier molecular flexibility index (Phi) is 3.23. The average Bonchev–Trinajstić information content (AvgIpc) is 2.92. The van der Waals surface area contributed by atoms with Crippen LogP contribution in [0, 0.1) is 0 Å². The molecular formula is C9H13F2N3O2. The smallest absolute Gasteiger partial charge is 0.259 e. The van der Waals surface area contributed by atoms with Crippen molar-refractivity contribution in [1.29, 1.82) is 0 Å². The molecule has 0 aromatic carbocycles. The van der Waals surface area contributed by atoms with Gasteiger partial charge in [-0.05, 0) is 12.8 Å². The van der Waals surface area contributed by atoms with Crippen molar-refractivity contribution < 1.29 is 18.4 Å². The van der Waals surface area contributed by atoms with Crippen LogP contribution in [0.1, 0.15) is 12.8 Å². The summed E-state index contributed by atoms with van der Waals surface area (Å²) in [4.78, 5) is 4.72. The van der Waals surface area contributed by atoms with Gasteiger partial charge in [0.1, 0.15) is 18.3 Å². The van der Waals surface area contributed by atoms with Crippen LogP contribution in [0.4, 0.5) is 14.5 Å². The van der Waals surface area contributed by atoms with E-state index in [0.717, 1.165) is 17.5 Å². The van der Waals surface area contributed by atoms with Crippen molar-refractivity contribution in [3.05, 3.63) is 6.20 Å². The molecule has 0 atom stereocenters. The molecular weight excluding hydrogens is 220 g/mol. The minimum absolute atomic E-state index is 0.160. The van der Waals surface area contributed by atoms with E-state index < -0.39 is 13.0 Å². The first-order valence-electron chi connectivity index (χ1n) is 5.00. The van der Waals surface area contributed by atoms with Gasteiger partial charge >= 0.3 is 0 Å². The van der Waals surface area contributed by atoms with Gasteiger partial charge in [0.2, 0.25) is 0 Å². The quantitative estimate of drug-likeness (QED) is 0.759. The summed E-state index contributed by atoms with van der Waals surface area (Å²) in [6, 6.07) is 0. The minimum atomic E-state index is -2.44. The van der Waals surface area contributed by atoms with Crippen LogP contribution in [0.2, 0.25) is 0 Å². The summed E-state index contributed by atoms with van der Waals surface area (Å²) in [7, 11) is 1.44. The molecule has 1 aliphatic carbocycles. The van der Waals surface area contributed by atoms with Gasteiger partial charge in [-0.2, -0.15) is 0 Å². The van der Waals surface area contributed by atoms with Gasteiger partial charge in [0.15, 0.2) is 0 Å². The van der Waals surface area contributed by atoms with Gasteiger partial charge in [0.25, 0.3) is 12.3 Å². The molecule has 1 saturated carbocycles. The number of hydrogen-bond donors (Lipinski definition) is 1. The highest BCUT2D eigenvalue weighted by Crippen LogP contribution is 2.30. The van der Waals surface area contributed by atoms with Crippen LogP contribution < -0.4 is 10.2 Å². The van der Waals surface area contributed by atoms with Crippen LogP contribution in [-0.4, -0.2) is 29.4 Å². The Morgan fingerprint density at radius 1 is 1.62 bits per heavy atom. The van der Waals surface area contributed by atoms with Crippen LogP contribution in [0.15, 0.2) is 6.20 Å². The first-order valence-corrected chi connectivity index (χ1v) is 5.00. The number of nitrogens with zero attached hydrogens (tertiary/aromatic N) is 2. The topological polar surface area (TPSA) is 48.3 Å². The summed E-state index contributed by atoms with van der Waals surface area (Å²) in [5.41, 5.74) is 3.02. The van der Waals surface area contributed by atoms with E-state index in [9.17, 15) is 8.78 Å². The lowest BCUT2D eigenvalue weighted by Gasteiger charge is -2.03. The molecule has 90 valence electrons. The molecule has 0 unspecified atom stereocenters. The molecule has 1 aromatic heterocycles. The third kappa shape index (κ3) is 2.82. The van der Waals surface area contributed by atoms with Crippen molar-refractivity contribution in [2.45, 2.75) is 31.9 Å². The summed E-state index contributed by atoms with van der Waals surface area (Å²) >= 11 is 0. The lowest BCUT2D eigenvalue weighted by atomic mass is 10.5. The third-order valence-corrected chi connectivity index (χ3v) is 2.07. The Hall–Kier alpha value is -1.37. The van der Waals surface area contributed by atoms with E-state index in [1.807, 2.05) is 0 Å². The molecule has 7 heteroatoms. The average molecular weight is 233 g/mol.